The van der Waals surface area contributed by atoms with Gasteiger partial charge >= 0.3 is 0 Å². The number of hydrogen-bond donors (Lipinski definition) is 1. The number of azo groups is 1. The zero-order chi connectivity index (χ0) is 3.54. The molecule has 0 spiro atoms. The van der Waals surface area contributed by atoms with Crippen LogP contribution in [-0.2, 0) is 0 Å². The minimum Gasteiger partial charge on any atom is -0.134 e. The van der Waals surface area contributed by atoms with Gasteiger partial charge in [0.05, 0.1) is 6.20 Å². The van der Waals surface area contributed by atoms with Gasteiger partial charge in [-0.25, -0.2) is 0 Å². The molecule has 0 aliphatic carbocycles. The monoisotopic (exact) mass is 69.0 g/mol. The van der Waals surface area contributed by atoms with Crippen molar-refractivity contribution in [1.82, 2.24) is 0 Å². The Morgan fingerprint density at radius 2 is 2.80 bits per heavy atom. The predicted octanol–water partition coefficient (Wildman–Crippen LogP) is -0.954. The van der Waals surface area contributed by atoms with Crippen molar-refractivity contribution in [3.05, 3.63) is 12.3 Å². The first kappa shape index (κ1) is 2.57. The fraction of sp³-hybridized carbons (Fsp3) is 0.333. The molecule has 0 bridgehead atoms. The molecule has 1 aliphatic heterocycles. The third-order valence-electron chi connectivity index (χ3n) is 0.480. The van der Waals surface area contributed by atoms with Crippen molar-refractivity contribution < 1.29 is 5.11 Å². The number of hydrogen-bond acceptors (Lipinski definition) is 1. The quantitative estimate of drug-likeness (QED) is 0.379. The van der Waals surface area contributed by atoms with E-state index in [4.69, 9.17) is 0 Å². The molecule has 1 rings (SSSR count). The van der Waals surface area contributed by atoms with Crippen molar-refractivity contribution in [2.45, 2.75) is 0 Å². The van der Waals surface area contributed by atoms with Crippen LogP contribution in [0.5, 0.6) is 0 Å². The van der Waals surface area contributed by atoms with E-state index in [1.165, 1.54) is 0 Å². The van der Waals surface area contributed by atoms with E-state index in [0.29, 0.717) is 0 Å². The molecule has 0 aromatic heterocycles. The molecule has 2 heteroatoms. The van der Waals surface area contributed by atoms with E-state index in [9.17, 15) is 0 Å². The topological polar surface area (TPSA) is 26.3 Å². The first-order valence-corrected chi connectivity index (χ1v) is 1.58. The Kier molecular flexibility index (Phi) is 0.499. The number of nitrogens with zero attached hydrogens (tertiary/aromatic N) is 1. The van der Waals surface area contributed by atoms with Crippen molar-refractivity contribution in [3.8, 4) is 0 Å². The minimum atomic E-state index is 0.903. The van der Waals surface area contributed by atoms with Crippen LogP contribution in [0.15, 0.2) is 17.4 Å². The highest BCUT2D eigenvalue weighted by atomic mass is 15.1. The normalized spacial score (nSPS) is 17.6. The molecule has 5 heavy (non-hydrogen) atoms. The van der Waals surface area contributed by atoms with Gasteiger partial charge in [0, 0.05) is 6.08 Å². The van der Waals surface area contributed by atoms with Gasteiger partial charge < -0.3 is 0 Å². The fourth-order valence-electron chi connectivity index (χ4n) is 0.264. The molecular weight excluding hydrogens is 64.0 g/mol. The summed E-state index contributed by atoms with van der Waals surface area (Å²) in [4.78, 5) is 0. The lowest BCUT2D eigenvalue weighted by atomic mass is 10.7. The molecule has 1 aliphatic rings. The maximum absolute atomic E-state index is 3.65. The minimum absolute atomic E-state index is 0.903. The first-order valence-electron chi connectivity index (χ1n) is 1.58. The Morgan fingerprint density at radius 1 is 1.80 bits per heavy atom. The highest BCUT2D eigenvalue weighted by Gasteiger charge is 1.82. The summed E-state index contributed by atoms with van der Waals surface area (Å²) in [6.45, 7) is 0.903. The molecule has 0 amide bonds. The fourth-order valence-corrected chi connectivity index (χ4v) is 0.264. The van der Waals surface area contributed by atoms with Crippen molar-refractivity contribution in [1.29, 1.82) is 0 Å². The van der Waals surface area contributed by atoms with Gasteiger partial charge in [0.25, 0.3) is 0 Å². The number of nitrogens with one attached hydrogen (secondary N) is 1. The predicted molar refractivity (Wildman–Crippen MR) is 17.4 cm³/mol. The van der Waals surface area contributed by atoms with E-state index in [1.807, 2.05) is 6.08 Å². The zero-order valence-corrected chi connectivity index (χ0v) is 2.81. The summed E-state index contributed by atoms with van der Waals surface area (Å²) in [6.07, 6.45) is 3.71. The highest BCUT2D eigenvalue weighted by Crippen LogP contribution is 1.66. The summed E-state index contributed by atoms with van der Waals surface area (Å²) in [7, 11) is 0. The maximum atomic E-state index is 3.65. The Labute approximate surface area is 30.2 Å². The Hall–Kier alpha value is -0.660. The Morgan fingerprint density at radius 3 is 3.00 bits per heavy atom. The lowest BCUT2D eigenvalue weighted by Gasteiger charge is -1.48. The summed E-state index contributed by atoms with van der Waals surface area (Å²) >= 11 is 0. The molecule has 0 atom stereocenters. The highest BCUT2D eigenvalue weighted by molar-refractivity contribution is 4.77. The molecule has 0 aromatic rings. The zero-order valence-electron chi connectivity index (χ0n) is 2.81. The van der Waals surface area contributed by atoms with Crippen LogP contribution in [0.2, 0.25) is 0 Å². The molecule has 26 valence electrons. The Bertz CT molecular complexity index is 63.0. The average Bonchev–Trinajstić information content (AvgIpc) is 1.76. The molecular formula is C3H5N2+. The summed E-state index contributed by atoms with van der Waals surface area (Å²) in [5.41, 5.74) is 0. The van der Waals surface area contributed by atoms with Gasteiger partial charge in [-0.1, -0.05) is 0 Å². The first-order chi connectivity index (χ1) is 2.50. The maximum Gasteiger partial charge on any atom is 0.186 e. The SMILES string of the molecule is C1=CN=[NH+]C1. The molecule has 0 unspecified atom stereocenters. The van der Waals surface area contributed by atoms with Crippen LogP contribution in [0.1, 0.15) is 0 Å². The van der Waals surface area contributed by atoms with Gasteiger partial charge in [-0.15, -0.1) is 5.11 Å². The van der Waals surface area contributed by atoms with Crippen LogP contribution in [0.25, 0.3) is 0 Å². The third-order valence-corrected chi connectivity index (χ3v) is 0.480. The largest absolute Gasteiger partial charge is 0.186 e. The molecule has 1 heterocycles. The van der Waals surface area contributed by atoms with Crippen molar-refractivity contribution in [2.24, 2.45) is 5.11 Å². The van der Waals surface area contributed by atoms with Gasteiger partial charge in [-0.2, -0.15) is 0 Å². The summed E-state index contributed by atoms with van der Waals surface area (Å²) in [6, 6.07) is 0. The van der Waals surface area contributed by atoms with Gasteiger partial charge in [0.2, 0.25) is 0 Å². The van der Waals surface area contributed by atoms with E-state index < -0.39 is 0 Å². The van der Waals surface area contributed by atoms with Crippen molar-refractivity contribution in [3.63, 3.8) is 0 Å². The van der Waals surface area contributed by atoms with E-state index >= 15 is 0 Å². The molecule has 0 radical (unpaired) electrons. The van der Waals surface area contributed by atoms with Gasteiger partial charge in [0.15, 0.2) is 6.54 Å². The van der Waals surface area contributed by atoms with Crippen molar-refractivity contribution in [2.75, 3.05) is 6.54 Å². The summed E-state index contributed by atoms with van der Waals surface area (Å²) in [5, 5.41) is 6.39. The molecule has 0 saturated carbocycles. The smallest absolute Gasteiger partial charge is 0.134 e. The van der Waals surface area contributed by atoms with Crippen LogP contribution in [0.4, 0.5) is 0 Å². The van der Waals surface area contributed by atoms with Crippen LogP contribution in [0, 0.1) is 0 Å². The van der Waals surface area contributed by atoms with Crippen LogP contribution in [0.3, 0.4) is 0 Å². The van der Waals surface area contributed by atoms with E-state index in [1.54, 1.807) is 6.20 Å². The van der Waals surface area contributed by atoms with Crippen LogP contribution in [-0.4, -0.2) is 6.54 Å². The lowest BCUT2D eigenvalue weighted by Crippen LogP contribution is -2.62. The van der Waals surface area contributed by atoms with Gasteiger partial charge in [-0.3, -0.25) is 0 Å². The summed E-state index contributed by atoms with van der Waals surface area (Å²) in [5.74, 6) is 0. The molecule has 2 nitrogen and oxygen atoms in total. The van der Waals surface area contributed by atoms with E-state index in [-0.39, 0.29) is 0 Å². The summed E-state index contributed by atoms with van der Waals surface area (Å²) < 4.78 is 0. The van der Waals surface area contributed by atoms with Crippen LogP contribution >= 0.6 is 0 Å². The van der Waals surface area contributed by atoms with E-state index in [0.717, 1.165) is 6.54 Å². The molecule has 0 aromatic carbocycles. The van der Waals surface area contributed by atoms with Crippen molar-refractivity contribution >= 4 is 0 Å². The molecule has 1 N–H and O–H groups in total. The van der Waals surface area contributed by atoms with Gasteiger partial charge in [-0.05, 0) is 5.11 Å². The average molecular weight is 69.1 g/mol. The van der Waals surface area contributed by atoms with E-state index in [2.05, 4.69) is 10.2 Å². The lowest BCUT2D eigenvalue weighted by molar-refractivity contribution is -0.511. The third kappa shape index (κ3) is 0.318. The number of rotatable bonds is 0. The second-order valence-corrected chi connectivity index (χ2v) is 0.876. The standard InChI is InChI=1S/C3H4N2/c1-2-4-5-3-1/h1-2H,3H2/p+1. The molecule has 0 saturated heterocycles. The van der Waals surface area contributed by atoms with Gasteiger partial charge in [0.1, 0.15) is 0 Å². The molecule has 0 fully saturated rings. The van der Waals surface area contributed by atoms with Crippen LogP contribution < -0.4 is 5.11 Å². The second-order valence-electron chi connectivity index (χ2n) is 0.876. The second kappa shape index (κ2) is 0.971. The Balaban J connectivity index is 2.61.